The first kappa shape index (κ1) is 17.7. The summed E-state index contributed by atoms with van der Waals surface area (Å²) < 4.78 is 0. The quantitative estimate of drug-likeness (QED) is 0.844. The molecule has 1 aromatic carbocycles. The summed E-state index contributed by atoms with van der Waals surface area (Å²) in [5.41, 5.74) is 2.17. The molecule has 1 saturated carbocycles. The molecule has 0 aromatic heterocycles. The lowest BCUT2D eigenvalue weighted by Gasteiger charge is -2.31. The highest BCUT2D eigenvalue weighted by Crippen LogP contribution is 2.32. The summed E-state index contributed by atoms with van der Waals surface area (Å²) >= 11 is 0. The maximum Gasteiger partial charge on any atom is 0.245 e. The van der Waals surface area contributed by atoms with Crippen LogP contribution in [-0.2, 0) is 9.59 Å². The topological polar surface area (TPSA) is 49.4 Å². The second-order valence-electron chi connectivity index (χ2n) is 7.43. The molecule has 3 rings (SSSR count). The molecule has 2 unspecified atom stereocenters. The Balaban J connectivity index is 1.55. The number of rotatable bonds is 4. The number of likely N-dealkylation sites (tertiary alicyclic amines) is 1. The predicted octanol–water partition coefficient (Wildman–Crippen LogP) is 3.95. The molecule has 1 aliphatic carbocycles. The molecule has 2 amide bonds. The van der Waals surface area contributed by atoms with Gasteiger partial charge in [0, 0.05) is 24.7 Å². The largest absolute Gasteiger partial charge is 0.339 e. The number of nitrogens with zero attached hydrogens (tertiary/aromatic N) is 1. The molecule has 2 atom stereocenters. The number of anilines is 1. The van der Waals surface area contributed by atoms with Crippen molar-refractivity contribution in [3.05, 3.63) is 42.5 Å². The van der Waals surface area contributed by atoms with Crippen molar-refractivity contribution < 1.29 is 9.59 Å². The fourth-order valence-corrected chi connectivity index (χ4v) is 4.17. The van der Waals surface area contributed by atoms with Gasteiger partial charge < -0.3 is 10.2 Å². The molecule has 4 nitrogen and oxygen atoms in total. The van der Waals surface area contributed by atoms with Crippen LogP contribution in [0.15, 0.2) is 36.9 Å². The first-order chi connectivity index (χ1) is 12.1. The summed E-state index contributed by atoms with van der Waals surface area (Å²) in [6, 6.07) is 8.24. The summed E-state index contributed by atoms with van der Waals surface area (Å²) in [5.74, 6) is 1.31. The summed E-state index contributed by atoms with van der Waals surface area (Å²) in [4.78, 5) is 25.9. The lowest BCUT2D eigenvalue weighted by atomic mass is 9.89. The van der Waals surface area contributed by atoms with Gasteiger partial charge in [-0.1, -0.05) is 32.1 Å². The normalized spacial score (nSPS) is 24.1. The molecule has 0 radical (unpaired) electrons. The van der Waals surface area contributed by atoms with Crippen molar-refractivity contribution in [1.29, 1.82) is 0 Å². The van der Waals surface area contributed by atoms with Crippen LogP contribution < -0.4 is 5.32 Å². The van der Waals surface area contributed by atoms with Gasteiger partial charge in [-0.05, 0) is 61.3 Å². The van der Waals surface area contributed by atoms with Crippen LogP contribution in [0.3, 0.4) is 0 Å². The molecular weight excluding hydrogens is 312 g/mol. The second kappa shape index (κ2) is 7.85. The summed E-state index contributed by atoms with van der Waals surface area (Å²) in [6.45, 7) is 7.29. The first-order valence-corrected chi connectivity index (χ1v) is 9.40. The molecule has 25 heavy (non-hydrogen) atoms. The van der Waals surface area contributed by atoms with E-state index in [2.05, 4.69) is 31.0 Å². The van der Waals surface area contributed by atoms with E-state index in [1.165, 1.54) is 11.6 Å². The van der Waals surface area contributed by atoms with Gasteiger partial charge in [-0.15, -0.1) is 0 Å². The molecule has 2 fully saturated rings. The number of amides is 2. The fraction of sp³-hybridized carbons (Fsp3) is 0.524. The molecule has 1 heterocycles. The van der Waals surface area contributed by atoms with E-state index < -0.39 is 0 Å². The molecular formula is C21H28N2O2. The molecule has 0 spiro atoms. The SMILES string of the molecule is C=CC(=O)N1CCC(c2ccc(NC(=O)C3CCCC3C)cc2)CC1. The molecule has 1 saturated heterocycles. The van der Waals surface area contributed by atoms with Crippen LogP contribution in [0, 0.1) is 11.8 Å². The average Bonchev–Trinajstić information content (AvgIpc) is 3.08. The van der Waals surface area contributed by atoms with Gasteiger partial charge in [-0.25, -0.2) is 0 Å². The standard InChI is InChI=1S/C21H28N2O2/c1-3-20(24)23-13-11-17(12-14-23)16-7-9-18(10-8-16)22-21(25)19-6-4-5-15(19)2/h3,7-10,15,17,19H,1,4-6,11-14H2,2H3,(H,22,25). The van der Waals surface area contributed by atoms with Gasteiger partial charge in [-0.2, -0.15) is 0 Å². The number of benzene rings is 1. The monoisotopic (exact) mass is 340 g/mol. The highest BCUT2D eigenvalue weighted by molar-refractivity contribution is 5.92. The van der Waals surface area contributed by atoms with E-state index in [9.17, 15) is 9.59 Å². The number of hydrogen-bond donors (Lipinski definition) is 1. The maximum atomic E-state index is 12.4. The summed E-state index contributed by atoms with van der Waals surface area (Å²) in [6.07, 6.45) is 6.67. The zero-order chi connectivity index (χ0) is 17.8. The van der Waals surface area contributed by atoms with Crippen LogP contribution in [0.2, 0.25) is 0 Å². The van der Waals surface area contributed by atoms with Crippen molar-refractivity contribution in [1.82, 2.24) is 4.90 Å². The summed E-state index contributed by atoms with van der Waals surface area (Å²) in [7, 11) is 0. The smallest absolute Gasteiger partial charge is 0.245 e. The first-order valence-electron chi connectivity index (χ1n) is 9.40. The zero-order valence-corrected chi connectivity index (χ0v) is 15.0. The average molecular weight is 340 g/mol. The molecule has 4 heteroatoms. The minimum absolute atomic E-state index is 0.0256. The van der Waals surface area contributed by atoms with Crippen molar-refractivity contribution in [2.24, 2.45) is 11.8 Å². The lowest BCUT2D eigenvalue weighted by molar-refractivity contribution is -0.127. The van der Waals surface area contributed by atoms with Crippen molar-refractivity contribution >= 4 is 17.5 Å². The van der Waals surface area contributed by atoms with Crippen LogP contribution in [-0.4, -0.2) is 29.8 Å². The van der Waals surface area contributed by atoms with Crippen molar-refractivity contribution in [3.8, 4) is 0 Å². The Kier molecular flexibility index (Phi) is 5.57. The van der Waals surface area contributed by atoms with Crippen LogP contribution in [0.5, 0.6) is 0 Å². The highest BCUT2D eigenvalue weighted by Gasteiger charge is 2.29. The Morgan fingerprint density at radius 2 is 1.80 bits per heavy atom. The van der Waals surface area contributed by atoms with Crippen molar-refractivity contribution in [2.45, 2.75) is 44.9 Å². The Labute approximate surface area is 150 Å². The van der Waals surface area contributed by atoms with Gasteiger partial charge >= 0.3 is 0 Å². The highest BCUT2D eigenvalue weighted by atomic mass is 16.2. The van der Waals surface area contributed by atoms with Crippen LogP contribution in [0.4, 0.5) is 5.69 Å². The van der Waals surface area contributed by atoms with Crippen LogP contribution >= 0.6 is 0 Å². The van der Waals surface area contributed by atoms with E-state index >= 15 is 0 Å². The van der Waals surface area contributed by atoms with E-state index in [1.807, 2.05) is 17.0 Å². The molecule has 1 N–H and O–H groups in total. The Bertz CT molecular complexity index is 630. The summed E-state index contributed by atoms with van der Waals surface area (Å²) in [5, 5.41) is 3.07. The Morgan fingerprint density at radius 3 is 2.36 bits per heavy atom. The number of carbonyl (C=O) groups excluding carboxylic acids is 2. The third-order valence-corrected chi connectivity index (χ3v) is 5.83. The maximum absolute atomic E-state index is 12.4. The number of carbonyl (C=O) groups is 2. The third kappa shape index (κ3) is 4.12. The third-order valence-electron chi connectivity index (χ3n) is 5.83. The van der Waals surface area contributed by atoms with E-state index in [1.54, 1.807) is 0 Å². The zero-order valence-electron chi connectivity index (χ0n) is 15.0. The van der Waals surface area contributed by atoms with Crippen molar-refractivity contribution in [2.75, 3.05) is 18.4 Å². The number of hydrogen-bond acceptors (Lipinski definition) is 2. The van der Waals surface area contributed by atoms with E-state index in [0.717, 1.165) is 50.9 Å². The van der Waals surface area contributed by atoms with Crippen molar-refractivity contribution in [3.63, 3.8) is 0 Å². The fourth-order valence-electron chi connectivity index (χ4n) is 4.17. The van der Waals surface area contributed by atoms with Gasteiger partial charge in [0.2, 0.25) is 11.8 Å². The van der Waals surface area contributed by atoms with E-state index in [-0.39, 0.29) is 17.7 Å². The van der Waals surface area contributed by atoms with E-state index in [0.29, 0.717) is 11.8 Å². The molecule has 1 aromatic rings. The Hall–Kier alpha value is -2.10. The molecule has 0 bridgehead atoms. The van der Waals surface area contributed by atoms with Gasteiger partial charge in [-0.3, -0.25) is 9.59 Å². The lowest BCUT2D eigenvalue weighted by Crippen LogP contribution is -2.36. The van der Waals surface area contributed by atoms with Gasteiger partial charge in [0.15, 0.2) is 0 Å². The van der Waals surface area contributed by atoms with E-state index in [4.69, 9.17) is 0 Å². The molecule has 134 valence electrons. The predicted molar refractivity (Wildman–Crippen MR) is 100 cm³/mol. The second-order valence-corrected chi connectivity index (χ2v) is 7.43. The number of piperidine rings is 1. The van der Waals surface area contributed by atoms with Gasteiger partial charge in [0.05, 0.1) is 0 Å². The van der Waals surface area contributed by atoms with Crippen LogP contribution in [0.25, 0.3) is 0 Å². The Morgan fingerprint density at radius 1 is 1.12 bits per heavy atom. The van der Waals surface area contributed by atoms with Gasteiger partial charge in [0.25, 0.3) is 0 Å². The van der Waals surface area contributed by atoms with Crippen LogP contribution in [0.1, 0.15) is 50.5 Å². The molecule has 1 aliphatic heterocycles. The minimum atomic E-state index is 0.0256. The molecule has 2 aliphatic rings. The minimum Gasteiger partial charge on any atom is -0.339 e. The van der Waals surface area contributed by atoms with Gasteiger partial charge in [0.1, 0.15) is 0 Å². The number of nitrogens with one attached hydrogen (secondary N) is 1.